The topological polar surface area (TPSA) is 20.2 Å². The molecule has 0 spiro atoms. The molecule has 1 nitrogen and oxygen atoms in total. The van der Waals surface area contributed by atoms with Crippen LogP contribution in [0.15, 0.2) is 0 Å². The first-order valence-electron chi connectivity index (χ1n) is 22.4. The average molecular weight is 649 g/mol. The molecule has 0 heterocycles. The second kappa shape index (κ2) is 41.1. The molecule has 0 unspecified atom stereocenters. The van der Waals surface area contributed by atoms with Gasteiger partial charge in [0.05, 0.1) is 6.10 Å². The maximum absolute atomic E-state index is 11.2. The summed E-state index contributed by atoms with van der Waals surface area (Å²) < 4.78 is 0. The Morgan fingerprint density at radius 3 is 0.630 bits per heavy atom. The van der Waals surface area contributed by atoms with Crippen molar-refractivity contribution in [2.75, 3.05) is 0 Å². The molecule has 1 heteroatoms. The lowest BCUT2D eigenvalue weighted by Gasteiger charge is -2.23. The highest BCUT2D eigenvalue weighted by Crippen LogP contribution is 2.26. The molecule has 0 bridgehead atoms. The molecule has 0 aromatic carbocycles. The Hall–Kier alpha value is -0.0400. The first-order valence-corrected chi connectivity index (χ1v) is 22.4. The molecule has 0 saturated carbocycles. The van der Waals surface area contributed by atoms with E-state index in [-0.39, 0.29) is 6.10 Å². The molecule has 0 aliphatic rings. The normalized spacial score (nSPS) is 12.5. The van der Waals surface area contributed by atoms with E-state index in [1.165, 1.54) is 250 Å². The smallest absolute Gasteiger partial charge is 0.0568 e. The van der Waals surface area contributed by atoms with Gasteiger partial charge in [-0.15, -0.1) is 0 Å². The summed E-state index contributed by atoms with van der Waals surface area (Å²) in [7, 11) is 0. The zero-order valence-electron chi connectivity index (χ0n) is 32.9. The van der Waals surface area contributed by atoms with Crippen LogP contribution >= 0.6 is 0 Å². The molecule has 0 aromatic heterocycles. The van der Waals surface area contributed by atoms with Crippen LogP contribution in [-0.4, -0.2) is 11.2 Å². The van der Waals surface area contributed by atoms with Crippen LogP contribution in [0.4, 0.5) is 0 Å². The van der Waals surface area contributed by atoms with Crippen LogP contribution in [-0.2, 0) is 0 Å². The van der Waals surface area contributed by atoms with E-state index in [0.29, 0.717) is 5.92 Å². The Balaban J connectivity index is 4.05. The largest absolute Gasteiger partial charge is 0.393 e. The van der Waals surface area contributed by atoms with E-state index < -0.39 is 0 Å². The van der Waals surface area contributed by atoms with E-state index in [4.69, 9.17) is 0 Å². The van der Waals surface area contributed by atoms with E-state index >= 15 is 0 Å². The van der Waals surface area contributed by atoms with Gasteiger partial charge >= 0.3 is 0 Å². The number of unbranched alkanes of at least 4 members (excludes halogenated alkanes) is 34. The van der Waals surface area contributed by atoms with Gasteiger partial charge in [0.1, 0.15) is 0 Å². The molecule has 0 aliphatic carbocycles. The second-order valence-electron chi connectivity index (χ2n) is 15.7. The van der Waals surface area contributed by atoms with Gasteiger partial charge in [0.2, 0.25) is 0 Å². The van der Waals surface area contributed by atoms with Gasteiger partial charge in [0, 0.05) is 0 Å². The number of aliphatic hydroxyl groups excluding tert-OH is 1. The average Bonchev–Trinajstić information content (AvgIpc) is 3.06. The third-order valence-electron chi connectivity index (χ3n) is 11.0. The molecular formula is C45H92O. The van der Waals surface area contributed by atoms with E-state index in [1.54, 1.807) is 0 Å². The molecule has 1 atom stereocenters. The van der Waals surface area contributed by atoms with E-state index in [0.717, 1.165) is 6.42 Å². The van der Waals surface area contributed by atoms with E-state index in [9.17, 15) is 5.11 Å². The summed E-state index contributed by atoms with van der Waals surface area (Å²) in [6, 6.07) is 0. The molecule has 1 N–H and O–H groups in total. The number of hydrogen-bond donors (Lipinski definition) is 1. The van der Waals surface area contributed by atoms with E-state index in [1.807, 2.05) is 0 Å². The summed E-state index contributed by atoms with van der Waals surface area (Å²) in [4.78, 5) is 0. The summed E-state index contributed by atoms with van der Waals surface area (Å²) >= 11 is 0. The van der Waals surface area contributed by atoms with Gasteiger partial charge in [-0.3, -0.25) is 0 Å². The first kappa shape index (κ1) is 46.0. The first-order chi connectivity index (χ1) is 22.8. The van der Waals surface area contributed by atoms with Crippen LogP contribution in [0.25, 0.3) is 0 Å². The van der Waals surface area contributed by atoms with Crippen LogP contribution < -0.4 is 0 Å². The molecule has 0 aromatic rings. The van der Waals surface area contributed by atoms with Gasteiger partial charge < -0.3 is 5.11 Å². The monoisotopic (exact) mass is 649 g/mol. The van der Waals surface area contributed by atoms with Crippen molar-refractivity contribution in [2.24, 2.45) is 5.92 Å². The molecule has 46 heavy (non-hydrogen) atoms. The fourth-order valence-corrected chi connectivity index (χ4v) is 7.63. The lowest BCUT2D eigenvalue weighted by atomic mass is 9.87. The predicted octanol–water partition coefficient (Wildman–Crippen LogP) is 16.6. The maximum Gasteiger partial charge on any atom is 0.0568 e. The summed E-state index contributed by atoms with van der Waals surface area (Å²) in [5.74, 6) is 0.559. The summed E-state index contributed by atoms with van der Waals surface area (Å²) in [5.41, 5.74) is 0. The van der Waals surface area contributed by atoms with Crippen LogP contribution in [0.5, 0.6) is 0 Å². The Bertz CT molecular complexity index is 487. The third kappa shape index (κ3) is 36.8. The third-order valence-corrected chi connectivity index (χ3v) is 11.0. The zero-order chi connectivity index (χ0) is 33.4. The predicted molar refractivity (Wildman–Crippen MR) is 211 cm³/mol. The summed E-state index contributed by atoms with van der Waals surface area (Å²) in [6.45, 7) is 6.92. The Morgan fingerprint density at radius 1 is 0.239 bits per heavy atom. The highest BCUT2D eigenvalue weighted by atomic mass is 16.3. The van der Waals surface area contributed by atoms with Crippen LogP contribution in [0.3, 0.4) is 0 Å². The van der Waals surface area contributed by atoms with Gasteiger partial charge in [-0.25, -0.2) is 0 Å². The lowest BCUT2D eigenvalue weighted by molar-refractivity contribution is 0.0829. The van der Waals surface area contributed by atoms with Crippen molar-refractivity contribution in [1.82, 2.24) is 0 Å². The molecule has 0 fully saturated rings. The minimum atomic E-state index is -0.0480. The van der Waals surface area contributed by atoms with Crippen LogP contribution in [0.2, 0.25) is 0 Å². The van der Waals surface area contributed by atoms with Crippen molar-refractivity contribution < 1.29 is 5.11 Å². The standard InChI is InChI=1S/C45H92O/c1-4-7-10-13-16-19-22-25-28-31-34-37-40-43-45(46)44(41-38-35-32-29-26-23-20-17-14-11-8-5-2)42-39-36-33-30-27-24-21-18-15-12-9-6-3/h44-46H,4-43H2,1-3H3/t45-/m0/s1. The number of hydrogen-bond acceptors (Lipinski definition) is 1. The molecular weight excluding hydrogens is 556 g/mol. The number of rotatable bonds is 41. The van der Waals surface area contributed by atoms with Gasteiger partial charge in [-0.2, -0.15) is 0 Å². The van der Waals surface area contributed by atoms with Crippen LogP contribution in [0.1, 0.15) is 278 Å². The van der Waals surface area contributed by atoms with Gasteiger partial charge in [-0.1, -0.05) is 258 Å². The Kier molecular flexibility index (Phi) is 41.1. The van der Waals surface area contributed by atoms with Crippen molar-refractivity contribution in [3.05, 3.63) is 0 Å². The van der Waals surface area contributed by atoms with Crippen molar-refractivity contribution >= 4 is 0 Å². The van der Waals surface area contributed by atoms with Crippen molar-refractivity contribution in [1.29, 1.82) is 0 Å². The highest BCUT2D eigenvalue weighted by molar-refractivity contribution is 4.70. The second-order valence-corrected chi connectivity index (χ2v) is 15.7. The Morgan fingerprint density at radius 2 is 0.413 bits per heavy atom. The number of aliphatic hydroxyl groups is 1. The lowest BCUT2D eigenvalue weighted by Crippen LogP contribution is -2.20. The zero-order valence-corrected chi connectivity index (χ0v) is 32.9. The summed E-state index contributed by atoms with van der Waals surface area (Å²) in [5, 5.41) is 11.2. The fourth-order valence-electron chi connectivity index (χ4n) is 7.63. The van der Waals surface area contributed by atoms with Gasteiger partial charge in [0.25, 0.3) is 0 Å². The molecule has 0 rings (SSSR count). The van der Waals surface area contributed by atoms with Crippen LogP contribution in [0, 0.1) is 5.92 Å². The Labute approximate surface area is 294 Å². The SMILES string of the molecule is CCCCCCCCCCCCCCC[C@H](O)C(CCCCCCCCCCCCCC)CCCCCCCCCCCCCC. The van der Waals surface area contributed by atoms with Crippen molar-refractivity contribution in [3.8, 4) is 0 Å². The summed E-state index contributed by atoms with van der Waals surface area (Å²) in [6.07, 6.45) is 55.9. The molecule has 278 valence electrons. The van der Waals surface area contributed by atoms with Gasteiger partial charge in [0.15, 0.2) is 0 Å². The molecule has 0 radical (unpaired) electrons. The quantitative estimate of drug-likeness (QED) is 0.0654. The highest BCUT2D eigenvalue weighted by Gasteiger charge is 2.18. The maximum atomic E-state index is 11.2. The van der Waals surface area contributed by atoms with Crippen molar-refractivity contribution in [2.45, 2.75) is 284 Å². The minimum absolute atomic E-state index is 0.0480. The van der Waals surface area contributed by atoms with Crippen molar-refractivity contribution in [3.63, 3.8) is 0 Å². The molecule has 0 amide bonds. The fraction of sp³-hybridized carbons (Fsp3) is 1.00. The molecule has 0 saturated heterocycles. The minimum Gasteiger partial charge on any atom is -0.393 e. The van der Waals surface area contributed by atoms with E-state index in [2.05, 4.69) is 20.8 Å². The van der Waals surface area contributed by atoms with Gasteiger partial charge in [-0.05, 0) is 25.2 Å². The molecule has 0 aliphatic heterocycles.